The van der Waals surface area contributed by atoms with Gasteiger partial charge in [0.15, 0.2) is 0 Å². The van der Waals surface area contributed by atoms with Gasteiger partial charge in [0.2, 0.25) is 0 Å². The number of hydrogen-bond acceptors (Lipinski definition) is 6. The molecule has 0 bridgehead atoms. The van der Waals surface area contributed by atoms with Gasteiger partial charge in [-0.15, -0.1) is 0 Å². The van der Waals surface area contributed by atoms with Crippen LogP contribution in [0.25, 0.3) is 0 Å². The van der Waals surface area contributed by atoms with Crippen molar-refractivity contribution in [3.05, 3.63) is 48.3 Å². The zero-order chi connectivity index (χ0) is 18.4. The van der Waals surface area contributed by atoms with Gasteiger partial charge in [0.05, 0.1) is 17.6 Å². The normalized spacial score (nSPS) is 11.0. The maximum Gasteiger partial charge on any atom is 0.361 e. The lowest BCUT2D eigenvalue weighted by molar-refractivity contribution is 0.141. The van der Waals surface area contributed by atoms with Crippen LogP contribution < -0.4 is 10.0 Å². The lowest BCUT2D eigenvalue weighted by atomic mass is 10.2. The molecule has 1 heterocycles. The number of nitrogens with zero attached hydrogens (tertiary/aromatic N) is 2. The van der Waals surface area contributed by atoms with E-state index in [1.165, 1.54) is 12.4 Å². The highest BCUT2D eigenvalue weighted by Gasteiger charge is 2.28. The average molecular weight is 364 g/mol. The number of aliphatic hydroxyl groups excluding tert-OH is 1. The molecule has 2 rings (SSSR count). The maximum absolute atomic E-state index is 12.2. The number of nitrogens with one attached hydrogen (secondary N) is 2. The highest BCUT2D eigenvalue weighted by atomic mass is 32.2. The van der Waals surface area contributed by atoms with E-state index in [1.807, 2.05) is 31.2 Å². The lowest BCUT2D eigenvalue weighted by Gasteiger charge is -2.19. The molecule has 3 N–H and O–H groups in total. The molecule has 0 fully saturated rings. The number of aliphatic hydroxyl groups is 1. The minimum atomic E-state index is -4.36. The molecule has 134 valence electrons. The highest BCUT2D eigenvalue weighted by molar-refractivity contribution is 8.07. The number of aromatic nitrogens is 1. The van der Waals surface area contributed by atoms with Crippen LogP contribution in [0.4, 0.5) is 21.9 Å². The predicted octanol–water partition coefficient (Wildman–Crippen LogP) is 2.27. The van der Waals surface area contributed by atoms with Gasteiger partial charge in [-0.05, 0) is 37.6 Å². The number of aryl methyl sites for hydroxylation is 1. The third-order valence-corrected chi connectivity index (χ3v) is 4.61. The van der Waals surface area contributed by atoms with Crippen molar-refractivity contribution >= 4 is 32.3 Å². The van der Waals surface area contributed by atoms with Gasteiger partial charge in [0.25, 0.3) is 0 Å². The van der Waals surface area contributed by atoms with E-state index in [0.29, 0.717) is 5.69 Å². The zero-order valence-corrected chi connectivity index (χ0v) is 14.7. The Morgan fingerprint density at radius 3 is 2.68 bits per heavy atom. The summed E-state index contributed by atoms with van der Waals surface area (Å²) in [6, 6.07) is 9.13. The Morgan fingerprint density at radius 1 is 1.28 bits per heavy atom. The first-order valence-electron chi connectivity index (χ1n) is 7.57. The third-order valence-electron chi connectivity index (χ3n) is 3.40. The van der Waals surface area contributed by atoms with Crippen LogP contribution in [0.1, 0.15) is 12.5 Å². The standard InChI is InChI=1S/C16H20N4O4S/c1-3-20(11-21)16(22)25(23,24)19-15-10-17-8-7-14(15)18-13-6-4-5-12(2)9-13/h4-10,19,21H,3,11H2,1-2H3,(H,17,18). The van der Waals surface area contributed by atoms with E-state index in [9.17, 15) is 13.2 Å². The van der Waals surface area contributed by atoms with Crippen molar-refractivity contribution in [3.63, 3.8) is 0 Å². The first-order chi connectivity index (χ1) is 11.9. The van der Waals surface area contributed by atoms with Crippen LogP contribution in [-0.2, 0) is 10.0 Å². The van der Waals surface area contributed by atoms with Crippen LogP contribution in [0.5, 0.6) is 0 Å². The summed E-state index contributed by atoms with van der Waals surface area (Å²) >= 11 is 0. The van der Waals surface area contributed by atoms with Crippen LogP contribution in [0.3, 0.4) is 0 Å². The minimum absolute atomic E-state index is 0.0671. The number of rotatable bonds is 6. The fourth-order valence-corrected chi connectivity index (χ4v) is 3.17. The molecule has 0 saturated carbocycles. The molecule has 2 aromatic rings. The van der Waals surface area contributed by atoms with E-state index in [4.69, 9.17) is 5.11 Å². The molecule has 25 heavy (non-hydrogen) atoms. The van der Waals surface area contributed by atoms with E-state index in [-0.39, 0.29) is 12.2 Å². The topological polar surface area (TPSA) is 112 Å². The number of hydrogen-bond donors (Lipinski definition) is 3. The largest absolute Gasteiger partial charge is 0.376 e. The van der Waals surface area contributed by atoms with Crippen LogP contribution in [0.15, 0.2) is 42.7 Å². The summed E-state index contributed by atoms with van der Waals surface area (Å²) in [6.07, 6.45) is 2.81. The average Bonchev–Trinajstić information content (AvgIpc) is 2.57. The summed E-state index contributed by atoms with van der Waals surface area (Å²) in [7, 11) is -4.36. The van der Waals surface area contributed by atoms with Crippen LogP contribution in [0, 0.1) is 6.92 Å². The van der Waals surface area contributed by atoms with E-state index in [2.05, 4.69) is 15.0 Å². The molecule has 0 spiro atoms. The van der Waals surface area contributed by atoms with Gasteiger partial charge < -0.3 is 15.3 Å². The molecule has 0 aliphatic carbocycles. The Morgan fingerprint density at radius 2 is 2.04 bits per heavy atom. The van der Waals surface area contributed by atoms with Gasteiger partial charge in [-0.25, -0.2) is 0 Å². The van der Waals surface area contributed by atoms with Gasteiger partial charge in [-0.3, -0.25) is 14.5 Å². The lowest BCUT2D eigenvalue weighted by Crippen LogP contribution is -2.38. The van der Waals surface area contributed by atoms with Crippen molar-refractivity contribution in [3.8, 4) is 0 Å². The van der Waals surface area contributed by atoms with Crippen LogP contribution >= 0.6 is 0 Å². The minimum Gasteiger partial charge on any atom is -0.376 e. The molecule has 0 atom stereocenters. The predicted molar refractivity (Wildman–Crippen MR) is 96.1 cm³/mol. The second-order valence-electron chi connectivity index (χ2n) is 5.28. The molecular weight excluding hydrogens is 344 g/mol. The maximum atomic E-state index is 12.2. The molecule has 0 aliphatic heterocycles. The summed E-state index contributed by atoms with van der Waals surface area (Å²) in [5.41, 5.74) is 2.39. The van der Waals surface area contributed by atoms with Crippen molar-refractivity contribution in [2.45, 2.75) is 13.8 Å². The molecule has 1 amide bonds. The number of amides is 1. The summed E-state index contributed by atoms with van der Waals surface area (Å²) < 4.78 is 26.7. The second kappa shape index (κ2) is 7.95. The number of sulfonamides is 1. The second-order valence-corrected chi connectivity index (χ2v) is 6.84. The van der Waals surface area contributed by atoms with Crippen molar-refractivity contribution < 1.29 is 18.3 Å². The Kier molecular flexibility index (Phi) is 5.94. The summed E-state index contributed by atoms with van der Waals surface area (Å²) in [5, 5.41) is 11.0. The number of benzene rings is 1. The summed E-state index contributed by atoms with van der Waals surface area (Å²) in [5.74, 6) is 0. The number of anilines is 3. The molecule has 0 unspecified atom stereocenters. The van der Waals surface area contributed by atoms with E-state index < -0.39 is 22.0 Å². The van der Waals surface area contributed by atoms with Crippen molar-refractivity contribution in [1.82, 2.24) is 9.88 Å². The molecule has 1 aromatic heterocycles. The Hall–Kier alpha value is -2.65. The van der Waals surface area contributed by atoms with Gasteiger partial charge in [0, 0.05) is 18.4 Å². The fourth-order valence-electron chi connectivity index (χ4n) is 2.11. The van der Waals surface area contributed by atoms with E-state index in [1.54, 1.807) is 13.0 Å². The third kappa shape index (κ3) is 4.68. The van der Waals surface area contributed by atoms with Gasteiger partial charge >= 0.3 is 15.3 Å². The molecule has 0 radical (unpaired) electrons. The number of pyridine rings is 1. The molecule has 9 heteroatoms. The Balaban J connectivity index is 2.27. The van der Waals surface area contributed by atoms with Crippen LogP contribution in [-0.4, -0.2) is 41.9 Å². The Bertz CT molecular complexity index is 851. The smallest absolute Gasteiger partial charge is 0.361 e. The number of carbonyl (C=O) groups excluding carboxylic acids is 1. The van der Waals surface area contributed by atoms with Gasteiger partial charge in [0.1, 0.15) is 6.73 Å². The summed E-state index contributed by atoms with van der Waals surface area (Å²) in [4.78, 5) is 16.7. The molecule has 0 saturated heterocycles. The first kappa shape index (κ1) is 18.7. The van der Waals surface area contributed by atoms with Crippen molar-refractivity contribution in [2.75, 3.05) is 23.3 Å². The summed E-state index contributed by atoms with van der Waals surface area (Å²) in [6.45, 7) is 2.89. The van der Waals surface area contributed by atoms with Gasteiger partial charge in [-0.1, -0.05) is 12.1 Å². The zero-order valence-electron chi connectivity index (χ0n) is 13.9. The SMILES string of the molecule is CCN(CO)C(=O)S(=O)(=O)Nc1cnccc1Nc1cccc(C)c1. The van der Waals surface area contributed by atoms with E-state index >= 15 is 0 Å². The first-order valence-corrected chi connectivity index (χ1v) is 9.06. The van der Waals surface area contributed by atoms with Crippen LogP contribution in [0.2, 0.25) is 0 Å². The number of carbonyl (C=O) groups is 1. The molecule has 1 aromatic carbocycles. The molecule has 0 aliphatic rings. The fraction of sp³-hybridized carbons (Fsp3) is 0.250. The molecule has 8 nitrogen and oxygen atoms in total. The van der Waals surface area contributed by atoms with E-state index in [0.717, 1.165) is 16.2 Å². The molecular formula is C16H20N4O4S. The van der Waals surface area contributed by atoms with Crippen molar-refractivity contribution in [1.29, 1.82) is 0 Å². The Labute approximate surface area is 146 Å². The highest BCUT2D eigenvalue weighted by Crippen LogP contribution is 2.26. The van der Waals surface area contributed by atoms with Gasteiger partial charge in [-0.2, -0.15) is 8.42 Å². The monoisotopic (exact) mass is 364 g/mol. The quantitative estimate of drug-likeness (QED) is 0.678. The van der Waals surface area contributed by atoms with Crippen molar-refractivity contribution in [2.24, 2.45) is 0 Å².